The number of amides is 1. The number of carbonyl (C=O) groups is 1. The molecule has 0 spiro atoms. The van der Waals surface area contributed by atoms with Crippen molar-refractivity contribution in [3.8, 4) is 0 Å². The molecule has 0 bridgehead atoms. The molecule has 1 amide bonds. The molecule has 1 N–H and O–H groups in total. The Morgan fingerprint density at radius 2 is 1.45 bits per heavy atom. The van der Waals surface area contributed by atoms with Gasteiger partial charge in [0.25, 0.3) is 0 Å². The van der Waals surface area contributed by atoms with Crippen LogP contribution in [0.5, 0.6) is 0 Å². The fourth-order valence-corrected chi connectivity index (χ4v) is 4.15. The zero-order chi connectivity index (χ0) is 21.6. The molecule has 0 saturated heterocycles. The van der Waals surface area contributed by atoms with E-state index >= 15 is 0 Å². The molecule has 0 radical (unpaired) electrons. The number of benzene rings is 3. The summed E-state index contributed by atoms with van der Waals surface area (Å²) in [5.41, 5.74) is 7.61. The number of hydrogen-bond donors (Lipinski definition) is 1. The van der Waals surface area contributed by atoms with Crippen molar-refractivity contribution >= 4 is 16.8 Å². The van der Waals surface area contributed by atoms with Crippen LogP contribution in [0, 0.1) is 13.8 Å². The summed E-state index contributed by atoms with van der Waals surface area (Å²) >= 11 is 0. The van der Waals surface area contributed by atoms with Crippen LogP contribution in [0.3, 0.4) is 0 Å². The van der Waals surface area contributed by atoms with Crippen LogP contribution in [0.1, 0.15) is 40.7 Å². The van der Waals surface area contributed by atoms with E-state index in [1.807, 2.05) is 12.1 Å². The van der Waals surface area contributed by atoms with E-state index in [-0.39, 0.29) is 5.91 Å². The second-order valence-electron chi connectivity index (χ2n) is 8.28. The van der Waals surface area contributed by atoms with E-state index < -0.39 is 0 Å². The molecule has 31 heavy (non-hydrogen) atoms. The maximum atomic E-state index is 12.3. The monoisotopic (exact) mass is 410 g/mol. The molecular weight excluding hydrogens is 380 g/mol. The van der Waals surface area contributed by atoms with Crippen molar-refractivity contribution in [1.29, 1.82) is 0 Å². The van der Waals surface area contributed by atoms with Gasteiger partial charge < -0.3 is 9.88 Å². The number of carbonyl (C=O) groups excluding carboxylic acids is 1. The van der Waals surface area contributed by atoms with Gasteiger partial charge in [-0.2, -0.15) is 0 Å². The fraction of sp³-hybridized carbons (Fsp3) is 0.250. The third-order valence-corrected chi connectivity index (χ3v) is 6.06. The topological polar surface area (TPSA) is 34.0 Å². The first kappa shape index (κ1) is 20.9. The van der Waals surface area contributed by atoms with Crippen LogP contribution < -0.4 is 5.32 Å². The number of nitrogens with zero attached hydrogens (tertiary/aromatic N) is 1. The maximum Gasteiger partial charge on any atom is 0.220 e. The van der Waals surface area contributed by atoms with E-state index in [1.54, 1.807) is 0 Å². The molecule has 4 rings (SSSR count). The van der Waals surface area contributed by atoms with E-state index in [0.717, 1.165) is 19.4 Å². The zero-order valence-electron chi connectivity index (χ0n) is 18.4. The summed E-state index contributed by atoms with van der Waals surface area (Å²) in [4.78, 5) is 12.3. The SMILES string of the molecule is Cc1ccccc1CNC(=O)CCCc1cn(Cc2ccccc2C)c2ccccc12. The minimum absolute atomic E-state index is 0.118. The Morgan fingerprint density at radius 1 is 0.806 bits per heavy atom. The Bertz CT molecular complexity index is 1190. The van der Waals surface area contributed by atoms with Crippen LogP contribution in [-0.2, 0) is 24.3 Å². The predicted molar refractivity (Wildman–Crippen MR) is 128 cm³/mol. The molecule has 0 aliphatic rings. The molecule has 3 nitrogen and oxygen atoms in total. The quantitative estimate of drug-likeness (QED) is 0.383. The van der Waals surface area contributed by atoms with E-state index in [9.17, 15) is 4.79 Å². The summed E-state index contributed by atoms with van der Waals surface area (Å²) in [6.07, 6.45) is 4.56. The lowest BCUT2D eigenvalue weighted by molar-refractivity contribution is -0.121. The van der Waals surface area contributed by atoms with Crippen molar-refractivity contribution in [3.05, 3.63) is 107 Å². The summed E-state index contributed by atoms with van der Waals surface area (Å²) in [6, 6.07) is 25.3. The minimum atomic E-state index is 0.118. The Labute approximate surface area is 184 Å². The molecule has 0 fully saturated rings. The standard InChI is InChI=1S/C28H30N2O/c1-21-10-3-5-12-23(21)18-29-28(31)17-9-14-25-20-30(27-16-8-7-15-26(25)27)19-24-13-6-4-11-22(24)2/h3-8,10-13,15-16,20H,9,14,17-19H2,1-2H3,(H,29,31). The van der Waals surface area contributed by atoms with Crippen LogP contribution in [0.15, 0.2) is 79.0 Å². The summed E-state index contributed by atoms with van der Waals surface area (Å²) in [5.74, 6) is 0.118. The summed E-state index contributed by atoms with van der Waals surface area (Å²) < 4.78 is 2.34. The van der Waals surface area contributed by atoms with Crippen LogP contribution in [0.2, 0.25) is 0 Å². The lowest BCUT2D eigenvalue weighted by atomic mass is 10.1. The normalized spacial score (nSPS) is 11.0. The summed E-state index contributed by atoms with van der Waals surface area (Å²) in [7, 11) is 0. The third kappa shape index (κ3) is 5.05. The molecule has 0 aliphatic heterocycles. The molecular formula is C28H30N2O. The number of aromatic nitrogens is 1. The minimum Gasteiger partial charge on any atom is -0.352 e. The van der Waals surface area contributed by atoms with E-state index in [1.165, 1.54) is 38.7 Å². The number of nitrogens with one attached hydrogen (secondary N) is 1. The average molecular weight is 411 g/mol. The number of aryl methyl sites for hydroxylation is 3. The van der Waals surface area contributed by atoms with Crippen molar-refractivity contribution in [2.75, 3.05) is 0 Å². The lowest BCUT2D eigenvalue weighted by Crippen LogP contribution is -2.22. The molecule has 3 heteroatoms. The molecule has 1 aromatic heterocycles. The molecule has 0 atom stereocenters. The molecule has 3 aromatic carbocycles. The highest BCUT2D eigenvalue weighted by Crippen LogP contribution is 2.24. The largest absolute Gasteiger partial charge is 0.352 e. The third-order valence-electron chi connectivity index (χ3n) is 6.06. The first-order chi connectivity index (χ1) is 15.1. The fourth-order valence-electron chi connectivity index (χ4n) is 4.15. The first-order valence-corrected chi connectivity index (χ1v) is 11.0. The van der Waals surface area contributed by atoms with E-state index in [0.29, 0.717) is 13.0 Å². The number of hydrogen-bond acceptors (Lipinski definition) is 1. The van der Waals surface area contributed by atoms with Gasteiger partial charge in [0.15, 0.2) is 0 Å². The van der Waals surface area contributed by atoms with Gasteiger partial charge in [0.05, 0.1) is 0 Å². The van der Waals surface area contributed by atoms with Gasteiger partial charge in [-0.15, -0.1) is 0 Å². The average Bonchev–Trinajstić information content (AvgIpc) is 3.12. The van der Waals surface area contributed by atoms with Gasteiger partial charge in [-0.25, -0.2) is 0 Å². The van der Waals surface area contributed by atoms with Crippen molar-refractivity contribution in [2.24, 2.45) is 0 Å². The van der Waals surface area contributed by atoms with Crippen molar-refractivity contribution in [1.82, 2.24) is 9.88 Å². The highest BCUT2D eigenvalue weighted by atomic mass is 16.1. The van der Waals surface area contributed by atoms with Crippen LogP contribution in [0.25, 0.3) is 10.9 Å². The second kappa shape index (κ2) is 9.65. The Morgan fingerprint density at radius 3 is 2.19 bits per heavy atom. The molecule has 0 saturated carbocycles. The summed E-state index contributed by atoms with van der Waals surface area (Å²) in [6.45, 7) is 5.71. The smallest absolute Gasteiger partial charge is 0.220 e. The highest BCUT2D eigenvalue weighted by molar-refractivity contribution is 5.84. The molecule has 1 heterocycles. The van der Waals surface area contributed by atoms with E-state index in [2.05, 4.69) is 90.6 Å². The van der Waals surface area contributed by atoms with Gasteiger partial charge in [0.1, 0.15) is 0 Å². The van der Waals surface area contributed by atoms with Gasteiger partial charge in [0.2, 0.25) is 5.91 Å². The number of para-hydroxylation sites is 1. The molecule has 4 aromatic rings. The van der Waals surface area contributed by atoms with Crippen molar-refractivity contribution in [2.45, 2.75) is 46.2 Å². The molecule has 158 valence electrons. The van der Waals surface area contributed by atoms with Gasteiger partial charge in [-0.05, 0) is 60.6 Å². The second-order valence-corrected chi connectivity index (χ2v) is 8.28. The summed E-state index contributed by atoms with van der Waals surface area (Å²) in [5, 5.41) is 4.35. The zero-order valence-corrected chi connectivity index (χ0v) is 18.4. The molecule has 0 aliphatic carbocycles. The van der Waals surface area contributed by atoms with Gasteiger partial charge in [-0.1, -0.05) is 66.7 Å². The number of fused-ring (bicyclic) bond motifs is 1. The molecule has 0 unspecified atom stereocenters. The van der Waals surface area contributed by atoms with Crippen LogP contribution in [-0.4, -0.2) is 10.5 Å². The first-order valence-electron chi connectivity index (χ1n) is 11.0. The lowest BCUT2D eigenvalue weighted by Gasteiger charge is -2.08. The van der Waals surface area contributed by atoms with Gasteiger partial charge in [0, 0.05) is 36.6 Å². The van der Waals surface area contributed by atoms with Gasteiger partial charge >= 0.3 is 0 Å². The number of rotatable bonds is 8. The van der Waals surface area contributed by atoms with Crippen LogP contribution >= 0.6 is 0 Å². The Balaban J connectivity index is 1.39. The maximum absolute atomic E-state index is 12.3. The van der Waals surface area contributed by atoms with Crippen molar-refractivity contribution in [3.63, 3.8) is 0 Å². The Kier molecular flexibility index (Phi) is 6.51. The highest BCUT2D eigenvalue weighted by Gasteiger charge is 2.10. The van der Waals surface area contributed by atoms with E-state index in [4.69, 9.17) is 0 Å². The Hall–Kier alpha value is -3.33. The van der Waals surface area contributed by atoms with Crippen LogP contribution in [0.4, 0.5) is 0 Å². The predicted octanol–water partition coefficient (Wildman–Crippen LogP) is 5.95. The van der Waals surface area contributed by atoms with Crippen molar-refractivity contribution < 1.29 is 4.79 Å². The van der Waals surface area contributed by atoms with Gasteiger partial charge in [-0.3, -0.25) is 4.79 Å².